The van der Waals surface area contributed by atoms with Gasteiger partial charge in [-0.2, -0.15) is 0 Å². The summed E-state index contributed by atoms with van der Waals surface area (Å²) in [7, 11) is 0. The predicted octanol–water partition coefficient (Wildman–Crippen LogP) is 31.0. The number of benzene rings is 20. The molecule has 516 valence electrons. The van der Waals surface area contributed by atoms with E-state index in [4.69, 9.17) is 27.0 Å². The lowest BCUT2D eigenvalue weighted by Crippen LogP contribution is -1.93. The highest BCUT2D eigenvalue weighted by Crippen LogP contribution is 2.53. The van der Waals surface area contributed by atoms with Crippen molar-refractivity contribution in [3.63, 3.8) is 0 Å². The molecule has 0 saturated heterocycles. The van der Waals surface area contributed by atoms with Crippen molar-refractivity contribution in [2.75, 3.05) is 0 Å². The molecule has 0 aliphatic rings. The lowest BCUT2D eigenvalue weighted by molar-refractivity contribution is 0.668. The van der Waals surface area contributed by atoms with E-state index >= 15 is 0 Å². The second kappa shape index (κ2) is 26.1. The summed E-state index contributed by atoms with van der Waals surface area (Å²) < 4.78 is 106. The molecule has 0 amide bonds. The SMILES string of the molecule is [2H]c1c([2H])c([2H])c(-c2c3ccccc3c(-c3ccc(-c4ccc5oc6ccccc6c5c4-c4ccc5oc6ccccc6c5c4)c4ccccc34)c3ccccc23)c([2H])c1[2H].[2H]c1c([2H])c([2H])c(-c2c3ccccc3c(-c3ccc(-c4ccc5oc6ccccc6c5c4-c4cccc(-c5ccccc5)c4)c4ccccc34)c3ccccc23)c([2H])c1[2H]. The van der Waals surface area contributed by atoms with Crippen LogP contribution in [0, 0.1) is 0 Å². The third kappa shape index (κ3) is 10.4. The second-order valence-corrected chi connectivity index (χ2v) is 28.3. The van der Waals surface area contributed by atoms with Gasteiger partial charge in [-0.15, -0.1) is 0 Å². The number of rotatable bonds is 9. The molecule has 111 heavy (non-hydrogen) atoms. The molecule has 20 aromatic carbocycles. The van der Waals surface area contributed by atoms with Crippen molar-refractivity contribution in [1.29, 1.82) is 0 Å². The zero-order valence-electron chi connectivity index (χ0n) is 69.6. The van der Waals surface area contributed by atoms with Gasteiger partial charge < -0.3 is 13.3 Å². The van der Waals surface area contributed by atoms with Crippen molar-refractivity contribution < 1.29 is 27.0 Å². The summed E-state index contributed by atoms with van der Waals surface area (Å²) in [5, 5.41) is 17.6. The van der Waals surface area contributed by atoms with Gasteiger partial charge in [0, 0.05) is 43.4 Å². The summed E-state index contributed by atoms with van der Waals surface area (Å²) in [6, 6.07) is 114. The minimum atomic E-state index is -0.408. The molecule has 0 N–H and O–H groups in total. The Morgan fingerprint density at radius 1 is 0.153 bits per heavy atom. The number of hydrogen-bond acceptors (Lipinski definition) is 3. The maximum Gasteiger partial charge on any atom is 0.136 e. The van der Waals surface area contributed by atoms with Gasteiger partial charge in [0.2, 0.25) is 0 Å². The summed E-state index contributed by atoms with van der Waals surface area (Å²) in [5.41, 5.74) is 21.7. The molecule has 3 heteroatoms. The standard InChI is InChI=1S/C54H32O2.C54H34O/c1-2-14-33(15-3-1)51-39-19-6-8-21-41(39)53(42-22-9-7-20-40(42)51)44-28-27-37(35-16-4-5-17-36(35)44)43-29-31-50-54(45-23-11-13-25-48(45)56-50)52(43)34-26-30-49-46(32-34)38-18-10-12-24-47(38)55-49;1-3-16-35(17-4-1)37-20-15-21-38(34-37)52-46(32-33-50-54(52)48-28-13-14-29-49(48)55-50)41-30-31-47(40-23-8-7-22-39(40)41)53-44-26-11-9-24-42(44)51(36-18-5-2-6-19-36)43-25-10-12-27-45(43)53/h1-32H;1-34H/i1D,2D,3D,14D,15D;2D,5D,6D,18D,19D. The van der Waals surface area contributed by atoms with Gasteiger partial charge >= 0.3 is 0 Å². The molecule has 23 rings (SSSR count). The Hall–Kier alpha value is -14.6. The molecule has 0 saturated carbocycles. The minimum absolute atomic E-state index is 0.196. The van der Waals surface area contributed by atoms with Crippen LogP contribution < -0.4 is 0 Å². The fraction of sp³-hybridized carbons (Fsp3) is 0. The molecule has 0 aliphatic heterocycles. The molecule has 0 fully saturated rings. The first-order valence-corrected chi connectivity index (χ1v) is 37.3. The molecule has 0 unspecified atom stereocenters. The van der Waals surface area contributed by atoms with Crippen LogP contribution in [0.5, 0.6) is 0 Å². The van der Waals surface area contributed by atoms with Crippen LogP contribution >= 0.6 is 0 Å². The molecule has 0 atom stereocenters. The van der Waals surface area contributed by atoms with Crippen LogP contribution in [0.15, 0.2) is 413 Å². The largest absolute Gasteiger partial charge is 0.456 e. The van der Waals surface area contributed by atoms with Gasteiger partial charge in [-0.1, -0.05) is 339 Å². The van der Waals surface area contributed by atoms with Crippen LogP contribution in [0.4, 0.5) is 0 Å². The van der Waals surface area contributed by atoms with Gasteiger partial charge in [0.15, 0.2) is 0 Å². The third-order valence-corrected chi connectivity index (χ3v) is 22.3. The topological polar surface area (TPSA) is 39.4 Å². The molecule has 3 heterocycles. The summed E-state index contributed by atoms with van der Waals surface area (Å²) in [5.74, 6) is 0. The van der Waals surface area contributed by atoms with Gasteiger partial charge in [-0.05, 0) is 214 Å². The fourth-order valence-electron chi connectivity index (χ4n) is 17.7. The van der Waals surface area contributed by atoms with E-state index in [1.54, 1.807) is 0 Å². The van der Waals surface area contributed by atoms with E-state index in [2.05, 4.69) is 218 Å². The summed E-state index contributed by atoms with van der Waals surface area (Å²) in [6.07, 6.45) is 0. The van der Waals surface area contributed by atoms with Gasteiger partial charge in [0.1, 0.15) is 33.5 Å². The van der Waals surface area contributed by atoms with E-state index in [0.717, 1.165) is 208 Å². The van der Waals surface area contributed by atoms with Crippen molar-refractivity contribution in [2.45, 2.75) is 0 Å². The molecule has 0 radical (unpaired) electrons. The first-order valence-electron chi connectivity index (χ1n) is 42.3. The fourth-order valence-corrected chi connectivity index (χ4v) is 17.7. The van der Waals surface area contributed by atoms with Crippen LogP contribution in [0.25, 0.3) is 231 Å². The van der Waals surface area contributed by atoms with Crippen molar-refractivity contribution in [1.82, 2.24) is 0 Å². The minimum Gasteiger partial charge on any atom is -0.456 e. The maximum absolute atomic E-state index is 9.00. The third-order valence-electron chi connectivity index (χ3n) is 22.3. The number of para-hydroxylation sites is 3. The van der Waals surface area contributed by atoms with Crippen LogP contribution in [0.2, 0.25) is 0 Å². The smallest absolute Gasteiger partial charge is 0.136 e. The average Bonchev–Trinajstić information content (AvgIpc) is 1.52. The van der Waals surface area contributed by atoms with E-state index in [1.807, 2.05) is 121 Å². The van der Waals surface area contributed by atoms with Gasteiger partial charge in [0.05, 0.1) is 13.7 Å². The molecule has 23 aromatic rings. The van der Waals surface area contributed by atoms with Crippen molar-refractivity contribution in [3.05, 3.63) is 400 Å². The Kier molecular flexibility index (Phi) is 12.7. The quantitative estimate of drug-likeness (QED) is 0.135. The Bertz CT molecular complexity index is 8190. The monoisotopic (exact) mass is 1420 g/mol. The lowest BCUT2D eigenvalue weighted by Gasteiger charge is -2.20. The van der Waals surface area contributed by atoms with E-state index in [1.165, 1.54) is 0 Å². The number of fused-ring (bicyclic) bond motifs is 15. The Labute approximate surface area is 654 Å². The van der Waals surface area contributed by atoms with Gasteiger partial charge in [0.25, 0.3) is 0 Å². The molecule has 0 bridgehead atoms. The van der Waals surface area contributed by atoms with E-state index in [0.29, 0.717) is 11.1 Å². The predicted molar refractivity (Wildman–Crippen MR) is 469 cm³/mol. The van der Waals surface area contributed by atoms with Crippen LogP contribution in [0.1, 0.15) is 13.7 Å². The summed E-state index contributed by atoms with van der Waals surface area (Å²) >= 11 is 0. The molecular formula is C108H66O3. The van der Waals surface area contributed by atoms with E-state index in [9.17, 15) is 0 Å². The van der Waals surface area contributed by atoms with Crippen molar-refractivity contribution in [3.8, 4) is 100 Å². The zero-order chi connectivity index (χ0) is 81.7. The molecular weight excluding hydrogens is 1350 g/mol. The van der Waals surface area contributed by atoms with Crippen LogP contribution in [0.3, 0.4) is 0 Å². The molecule has 3 aromatic heterocycles. The number of hydrogen-bond donors (Lipinski definition) is 0. The average molecular weight is 1420 g/mol. The maximum atomic E-state index is 9.00. The molecule has 0 aliphatic carbocycles. The molecule has 3 nitrogen and oxygen atoms in total. The second-order valence-electron chi connectivity index (χ2n) is 28.3. The first kappa shape index (κ1) is 54.0. The zero-order valence-corrected chi connectivity index (χ0v) is 59.6. The Morgan fingerprint density at radius 2 is 0.450 bits per heavy atom. The van der Waals surface area contributed by atoms with Crippen LogP contribution in [-0.4, -0.2) is 0 Å². The summed E-state index contributed by atoms with van der Waals surface area (Å²) in [4.78, 5) is 0. The van der Waals surface area contributed by atoms with Gasteiger partial charge in [-0.25, -0.2) is 0 Å². The normalized spacial score (nSPS) is 13.0. The Morgan fingerprint density at radius 3 is 0.892 bits per heavy atom. The highest BCUT2D eigenvalue weighted by molar-refractivity contribution is 6.28. The lowest BCUT2D eigenvalue weighted by atomic mass is 9.83. The highest BCUT2D eigenvalue weighted by atomic mass is 16.3. The summed E-state index contributed by atoms with van der Waals surface area (Å²) in [6.45, 7) is 0. The van der Waals surface area contributed by atoms with Crippen molar-refractivity contribution >= 4 is 130 Å². The van der Waals surface area contributed by atoms with E-state index in [-0.39, 0.29) is 59.5 Å². The van der Waals surface area contributed by atoms with Gasteiger partial charge in [-0.3, -0.25) is 0 Å². The highest BCUT2D eigenvalue weighted by Gasteiger charge is 2.26. The molecule has 0 spiro atoms. The number of furan rings is 3. The van der Waals surface area contributed by atoms with E-state index < -0.39 is 12.1 Å². The van der Waals surface area contributed by atoms with Crippen LogP contribution in [-0.2, 0) is 0 Å². The van der Waals surface area contributed by atoms with Crippen molar-refractivity contribution in [2.24, 2.45) is 0 Å². The Balaban J connectivity index is 0.000000145. The first-order chi connectivity index (χ1) is 59.3.